The van der Waals surface area contributed by atoms with E-state index in [2.05, 4.69) is 21.2 Å². The molecule has 0 spiro atoms. The molecule has 1 N–H and O–H groups in total. The number of anilines is 2. The monoisotopic (exact) mass is 354 g/mol. The normalized spacial score (nSPS) is 11.0. The van der Waals surface area contributed by atoms with E-state index in [4.69, 9.17) is 5.26 Å². The zero-order chi connectivity index (χ0) is 15.6. The highest BCUT2D eigenvalue weighted by atomic mass is 79.9. The van der Waals surface area contributed by atoms with E-state index < -0.39 is 11.7 Å². The van der Waals surface area contributed by atoms with E-state index >= 15 is 0 Å². The summed E-state index contributed by atoms with van der Waals surface area (Å²) in [5.74, 6) is 0. The third-order valence-corrected chi connectivity index (χ3v) is 3.33. The van der Waals surface area contributed by atoms with Gasteiger partial charge in [-0.15, -0.1) is 0 Å². The number of halogens is 4. The Kier molecular flexibility index (Phi) is 4.24. The van der Waals surface area contributed by atoms with Gasteiger partial charge in [0.25, 0.3) is 0 Å². The summed E-state index contributed by atoms with van der Waals surface area (Å²) in [6.45, 7) is 1.71. The second-order valence-corrected chi connectivity index (χ2v) is 5.41. The first-order valence-corrected chi connectivity index (χ1v) is 6.74. The number of benzene rings is 2. The molecule has 2 rings (SSSR count). The second-order valence-electron chi connectivity index (χ2n) is 4.49. The molecule has 2 nitrogen and oxygen atoms in total. The topological polar surface area (TPSA) is 35.8 Å². The van der Waals surface area contributed by atoms with Crippen molar-refractivity contribution in [2.24, 2.45) is 0 Å². The first-order chi connectivity index (χ1) is 9.79. The molecule has 0 aliphatic rings. The molecule has 21 heavy (non-hydrogen) atoms. The third kappa shape index (κ3) is 3.76. The molecule has 0 aliphatic heterocycles. The van der Waals surface area contributed by atoms with Gasteiger partial charge in [-0.05, 0) is 42.8 Å². The van der Waals surface area contributed by atoms with Crippen molar-refractivity contribution < 1.29 is 13.2 Å². The third-order valence-electron chi connectivity index (χ3n) is 2.87. The number of nitrogens with zero attached hydrogens (tertiary/aromatic N) is 1. The molecule has 6 heteroatoms. The van der Waals surface area contributed by atoms with Gasteiger partial charge < -0.3 is 5.32 Å². The zero-order valence-electron chi connectivity index (χ0n) is 10.9. The minimum absolute atomic E-state index is 0.354. The molecule has 0 atom stereocenters. The average Bonchev–Trinajstić information content (AvgIpc) is 2.39. The molecule has 0 radical (unpaired) electrons. The number of aryl methyl sites for hydroxylation is 1. The van der Waals surface area contributed by atoms with Crippen molar-refractivity contribution in [2.75, 3.05) is 5.32 Å². The summed E-state index contributed by atoms with van der Waals surface area (Å²) in [5.41, 5.74) is 1.28. The van der Waals surface area contributed by atoms with Crippen LogP contribution < -0.4 is 5.32 Å². The van der Waals surface area contributed by atoms with Crippen molar-refractivity contribution in [2.45, 2.75) is 13.1 Å². The maximum absolute atomic E-state index is 12.7. The second kappa shape index (κ2) is 5.78. The maximum atomic E-state index is 12.7. The Hall–Kier alpha value is -2.00. The number of alkyl halides is 3. The first-order valence-electron chi connectivity index (χ1n) is 5.95. The molecule has 2 aromatic rings. The van der Waals surface area contributed by atoms with E-state index in [0.29, 0.717) is 27.0 Å². The molecule has 0 saturated heterocycles. The van der Waals surface area contributed by atoms with Gasteiger partial charge in [0.2, 0.25) is 0 Å². The minimum atomic E-state index is -4.39. The van der Waals surface area contributed by atoms with Crippen molar-refractivity contribution in [1.82, 2.24) is 0 Å². The predicted octanol–water partition coefficient (Wildman–Crippen LogP) is 5.39. The molecule has 0 aromatic heterocycles. The lowest BCUT2D eigenvalue weighted by Crippen LogP contribution is -2.06. The van der Waals surface area contributed by atoms with Gasteiger partial charge in [-0.3, -0.25) is 0 Å². The molecule has 0 amide bonds. The van der Waals surface area contributed by atoms with E-state index in [0.717, 1.165) is 12.1 Å². The summed E-state index contributed by atoms with van der Waals surface area (Å²) < 4.78 is 38.9. The van der Waals surface area contributed by atoms with Crippen molar-refractivity contribution in [3.05, 3.63) is 57.6 Å². The van der Waals surface area contributed by atoms with Crippen LogP contribution in [0.25, 0.3) is 0 Å². The molecule has 2 aromatic carbocycles. The molecule has 108 valence electrons. The largest absolute Gasteiger partial charge is 0.416 e. The molecule has 0 aliphatic carbocycles. The molecule has 0 saturated carbocycles. The Balaban J connectivity index is 2.40. The molecule has 0 unspecified atom stereocenters. The van der Waals surface area contributed by atoms with Gasteiger partial charge in [0.15, 0.2) is 0 Å². The molecular formula is C15H10BrF3N2. The van der Waals surface area contributed by atoms with E-state index in [1.807, 2.05) is 6.07 Å². The number of hydrogen-bond donors (Lipinski definition) is 1. The molecule has 0 bridgehead atoms. The summed E-state index contributed by atoms with van der Waals surface area (Å²) >= 11 is 3.26. The summed E-state index contributed by atoms with van der Waals surface area (Å²) in [7, 11) is 0. The maximum Gasteiger partial charge on any atom is 0.416 e. The van der Waals surface area contributed by atoms with Gasteiger partial charge in [0.1, 0.15) is 0 Å². The number of nitriles is 1. The lowest BCUT2D eigenvalue weighted by Gasteiger charge is -2.14. The number of hydrogen-bond acceptors (Lipinski definition) is 2. The Morgan fingerprint density at radius 2 is 1.86 bits per heavy atom. The summed E-state index contributed by atoms with van der Waals surface area (Å²) in [6, 6.07) is 10.4. The number of nitrogens with one attached hydrogen (secondary N) is 1. The van der Waals surface area contributed by atoms with Crippen LogP contribution in [0.1, 0.15) is 16.7 Å². The van der Waals surface area contributed by atoms with Crippen molar-refractivity contribution in [1.29, 1.82) is 5.26 Å². The van der Waals surface area contributed by atoms with Gasteiger partial charge in [0, 0.05) is 15.8 Å². The van der Waals surface area contributed by atoms with E-state index in [9.17, 15) is 13.2 Å². The van der Waals surface area contributed by atoms with E-state index in [-0.39, 0.29) is 0 Å². The average molecular weight is 355 g/mol. The van der Waals surface area contributed by atoms with Crippen LogP contribution in [0.2, 0.25) is 0 Å². The molecular weight excluding hydrogens is 345 g/mol. The van der Waals surface area contributed by atoms with E-state index in [1.54, 1.807) is 25.1 Å². The highest BCUT2D eigenvalue weighted by molar-refractivity contribution is 9.10. The number of rotatable bonds is 2. The Morgan fingerprint density at radius 1 is 1.14 bits per heavy atom. The van der Waals surface area contributed by atoms with Crippen LogP contribution in [0.4, 0.5) is 24.5 Å². The predicted molar refractivity (Wildman–Crippen MR) is 78.3 cm³/mol. The lowest BCUT2D eigenvalue weighted by molar-refractivity contribution is -0.137. The smallest absolute Gasteiger partial charge is 0.355 e. The molecule has 0 fully saturated rings. The van der Waals surface area contributed by atoms with Crippen LogP contribution in [0.3, 0.4) is 0 Å². The van der Waals surface area contributed by atoms with Crippen LogP contribution in [-0.4, -0.2) is 0 Å². The summed E-state index contributed by atoms with van der Waals surface area (Å²) in [5, 5.41) is 11.8. The van der Waals surface area contributed by atoms with Crippen LogP contribution in [0.15, 0.2) is 40.9 Å². The Bertz CT molecular complexity index is 718. The lowest BCUT2D eigenvalue weighted by atomic mass is 10.1. The van der Waals surface area contributed by atoms with E-state index in [1.165, 1.54) is 6.07 Å². The quantitative estimate of drug-likeness (QED) is 0.784. The van der Waals surface area contributed by atoms with Gasteiger partial charge in [0.05, 0.1) is 17.2 Å². The highest BCUT2D eigenvalue weighted by Gasteiger charge is 2.30. The summed E-state index contributed by atoms with van der Waals surface area (Å²) in [4.78, 5) is 0. The Labute approximate surface area is 128 Å². The standard InChI is InChI=1S/C15H10BrF3N2/c1-9-2-3-11(15(17,18)19)6-14(9)21-13-5-10(8-20)4-12(16)7-13/h2-7,21H,1H3. The van der Waals surface area contributed by atoms with Crippen LogP contribution in [-0.2, 0) is 6.18 Å². The van der Waals surface area contributed by atoms with Crippen molar-refractivity contribution in [3.63, 3.8) is 0 Å². The highest BCUT2D eigenvalue weighted by Crippen LogP contribution is 2.33. The van der Waals surface area contributed by atoms with Crippen LogP contribution in [0, 0.1) is 18.3 Å². The fourth-order valence-electron chi connectivity index (χ4n) is 1.81. The van der Waals surface area contributed by atoms with Crippen molar-refractivity contribution >= 4 is 27.3 Å². The van der Waals surface area contributed by atoms with Crippen molar-refractivity contribution in [3.8, 4) is 6.07 Å². The van der Waals surface area contributed by atoms with Crippen LogP contribution >= 0.6 is 15.9 Å². The van der Waals surface area contributed by atoms with Gasteiger partial charge in [-0.1, -0.05) is 22.0 Å². The first kappa shape index (κ1) is 15.4. The van der Waals surface area contributed by atoms with Gasteiger partial charge in [-0.2, -0.15) is 18.4 Å². The fourth-order valence-corrected chi connectivity index (χ4v) is 2.31. The fraction of sp³-hybridized carbons (Fsp3) is 0.133. The molecule has 0 heterocycles. The van der Waals surface area contributed by atoms with Gasteiger partial charge >= 0.3 is 6.18 Å². The van der Waals surface area contributed by atoms with Gasteiger partial charge in [-0.25, -0.2) is 0 Å². The zero-order valence-corrected chi connectivity index (χ0v) is 12.5. The van der Waals surface area contributed by atoms with Crippen LogP contribution in [0.5, 0.6) is 0 Å². The summed E-state index contributed by atoms with van der Waals surface area (Å²) in [6.07, 6.45) is -4.39. The Morgan fingerprint density at radius 3 is 2.48 bits per heavy atom. The minimum Gasteiger partial charge on any atom is -0.355 e. The SMILES string of the molecule is Cc1ccc(C(F)(F)F)cc1Nc1cc(Br)cc(C#N)c1.